The molecule has 3 N–H and O–H groups in total. The first-order valence-corrected chi connectivity index (χ1v) is 7.19. The van der Waals surface area contributed by atoms with Crippen LogP contribution >= 0.6 is 0 Å². The molecule has 0 fully saturated rings. The number of hydrogen-bond donors (Lipinski definition) is 3. The van der Waals surface area contributed by atoms with E-state index in [-0.39, 0.29) is 23.5 Å². The molecule has 6 heteroatoms. The van der Waals surface area contributed by atoms with E-state index >= 15 is 0 Å². The number of carbonyl (C=O) groups is 2. The second kappa shape index (κ2) is 7.68. The van der Waals surface area contributed by atoms with Crippen LogP contribution in [0.2, 0.25) is 0 Å². The number of hydrogen-bond acceptors (Lipinski definition) is 4. The summed E-state index contributed by atoms with van der Waals surface area (Å²) in [5.41, 5.74) is 1.35. The van der Waals surface area contributed by atoms with Gasteiger partial charge in [0.1, 0.15) is 5.75 Å². The average Bonchev–Trinajstić information content (AvgIpc) is 2.44. The van der Waals surface area contributed by atoms with Gasteiger partial charge in [-0.15, -0.1) is 0 Å². The van der Waals surface area contributed by atoms with Crippen LogP contribution < -0.4 is 10.6 Å². The second-order valence-corrected chi connectivity index (χ2v) is 6.05. The predicted octanol–water partition coefficient (Wildman–Crippen LogP) is 2.76. The van der Waals surface area contributed by atoms with Gasteiger partial charge in [0.15, 0.2) is 0 Å². The SMILES string of the molecule is COC(=O)NCCCC(=O)Nc1cc(C(C)(C)C)ccc1O. The number of phenolic OH excluding ortho intramolecular Hbond substituents is 1. The molecule has 1 rings (SSSR count). The summed E-state index contributed by atoms with van der Waals surface area (Å²) in [4.78, 5) is 22.7. The summed E-state index contributed by atoms with van der Waals surface area (Å²) < 4.78 is 4.43. The minimum Gasteiger partial charge on any atom is -0.506 e. The number of ether oxygens (including phenoxy) is 1. The highest BCUT2D eigenvalue weighted by molar-refractivity contribution is 5.92. The van der Waals surface area contributed by atoms with Crippen molar-refractivity contribution in [1.29, 1.82) is 0 Å². The fraction of sp³-hybridized carbons (Fsp3) is 0.500. The van der Waals surface area contributed by atoms with Crippen LogP contribution in [0.4, 0.5) is 10.5 Å². The maximum absolute atomic E-state index is 11.9. The number of aromatic hydroxyl groups is 1. The lowest BCUT2D eigenvalue weighted by Gasteiger charge is -2.20. The maximum Gasteiger partial charge on any atom is 0.406 e. The normalized spacial score (nSPS) is 10.9. The molecule has 0 radical (unpaired) electrons. The van der Waals surface area contributed by atoms with Crippen LogP contribution in [0.5, 0.6) is 5.75 Å². The first kappa shape index (κ1) is 17.8. The molecule has 0 saturated heterocycles. The van der Waals surface area contributed by atoms with E-state index in [9.17, 15) is 14.7 Å². The molecule has 0 bridgehead atoms. The van der Waals surface area contributed by atoms with Crippen molar-refractivity contribution in [2.45, 2.75) is 39.0 Å². The largest absolute Gasteiger partial charge is 0.506 e. The smallest absolute Gasteiger partial charge is 0.406 e. The van der Waals surface area contributed by atoms with Crippen LogP contribution in [0, 0.1) is 0 Å². The van der Waals surface area contributed by atoms with Crippen LogP contribution in [0.25, 0.3) is 0 Å². The summed E-state index contributed by atoms with van der Waals surface area (Å²) in [5.74, 6) is -0.179. The number of nitrogens with one attached hydrogen (secondary N) is 2. The Balaban J connectivity index is 2.55. The fourth-order valence-corrected chi connectivity index (χ4v) is 1.83. The lowest BCUT2D eigenvalue weighted by Crippen LogP contribution is -2.25. The summed E-state index contributed by atoms with van der Waals surface area (Å²) in [6.45, 7) is 6.53. The third kappa shape index (κ3) is 5.63. The summed E-state index contributed by atoms with van der Waals surface area (Å²) >= 11 is 0. The van der Waals surface area contributed by atoms with Crippen molar-refractivity contribution in [3.8, 4) is 5.75 Å². The molecular weight excluding hydrogens is 284 g/mol. The van der Waals surface area contributed by atoms with E-state index in [0.29, 0.717) is 18.7 Å². The molecule has 0 atom stereocenters. The number of alkyl carbamates (subject to hydrolysis) is 1. The molecule has 6 nitrogen and oxygen atoms in total. The van der Waals surface area contributed by atoms with E-state index < -0.39 is 6.09 Å². The van der Waals surface area contributed by atoms with E-state index in [2.05, 4.69) is 36.1 Å². The Morgan fingerprint density at radius 3 is 2.55 bits per heavy atom. The number of methoxy groups -OCH3 is 1. The highest BCUT2D eigenvalue weighted by Gasteiger charge is 2.16. The van der Waals surface area contributed by atoms with Crippen molar-refractivity contribution >= 4 is 17.7 Å². The van der Waals surface area contributed by atoms with Gasteiger partial charge < -0.3 is 20.5 Å². The molecule has 1 aromatic rings. The zero-order valence-electron chi connectivity index (χ0n) is 13.5. The Bertz CT molecular complexity index is 535. The van der Waals surface area contributed by atoms with Gasteiger partial charge in [-0.05, 0) is 29.5 Å². The maximum atomic E-state index is 11.9. The van der Waals surface area contributed by atoms with Gasteiger partial charge in [-0.25, -0.2) is 4.79 Å². The van der Waals surface area contributed by atoms with Crippen LogP contribution in [0.15, 0.2) is 18.2 Å². The predicted molar refractivity (Wildman–Crippen MR) is 85.1 cm³/mol. The summed E-state index contributed by atoms with van der Waals surface area (Å²) in [7, 11) is 1.28. The molecule has 1 aromatic carbocycles. The van der Waals surface area contributed by atoms with Gasteiger partial charge in [-0.3, -0.25) is 4.79 Å². The van der Waals surface area contributed by atoms with Gasteiger partial charge in [0.05, 0.1) is 12.8 Å². The minimum absolute atomic E-state index is 0.0361. The molecule has 0 unspecified atom stereocenters. The van der Waals surface area contributed by atoms with Gasteiger partial charge in [0.2, 0.25) is 5.91 Å². The molecule has 0 spiro atoms. The Morgan fingerprint density at radius 1 is 1.27 bits per heavy atom. The fourth-order valence-electron chi connectivity index (χ4n) is 1.83. The van der Waals surface area contributed by atoms with E-state index in [1.54, 1.807) is 12.1 Å². The molecule has 122 valence electrons. The van der Waals surface area contributed by atoms with Crippen LogP contribution in [-0.2, 0) is 14.9 Å². The topological polar surface area (TPSA) is 87.7 Å². The monoisotopic (exact) mass is 308 g/mol. The van der Waals surface area contributed by atoms with Crippen molar-refractivity contribution in [1.82, 2.24) is 5.32 Å². The molecule has 0 heterocycles. The number of phenols is 1. The summed E-state index contributed by atoms with van der Waals surface area (Å²) in [5, 5.41) is 15.0. The molecule has 0 aromatic heterocycles. The van der Waals surface area contributed by atoms with Crippen LogP contribution in [0.3, 0.4) is 0 Å². The Labute approximate surface area is 130 Å². The molecule has 0 aliphatic heterocycles. The highest BCUT2D eigenvalue weighted by atomic mass is 16.5. The van der Waals surface area contributed by atoms with Crippen molar-refractivity contribution in [2.75, 3.05) is 19.0 Å². The van der Waals surface area contributed by atoms with Crippen LogP contribution in [-0.4, -0.2) is 30.8 Å². The van der Waals surface area contributed by atoms with Gasteiger partial charge in [0.25, 0.3) is 0 Å². The Hall–Kier alpha value is -2.24. The van der Waals surface area contributed by atoms with E-state index in [4.69, 9.17) is 0 Å². The lowest BCUT2D eigenvalue weighted by atomic mass is 9.87. The minimum atomic E-state index is -0.518. The lowest BCUT2D eigenvalue weighted by molar-refractivity contribution is -0.116. The summed E-state index contributed by atoms with van der Waals surface area (Å²) in [6.07, 6.45) is 0.208. The van der Waals surface area contributed by atoms with E-state index in [0.717, 1.165) is 5.56 Å². The Morgan fingerprint density at radius 2 is 1.95 bits per heavy atom. The molecule has 22 heavy (non-hydrogen) atoms. The number of anilines is 1. The first-order chi connectivity index (χ1) is 10.2. The van der Waals surface area contributed by atoms with Crippen LogP contribution in [0.1, 0.15) is 39.2 Å². The number of amides is 2. The van der Waals surface area contributed by atoms with Crippen molar-refractivity contribution < 1.29 is 19.4 Å². The van der Waals surface area contributed by atoms with E-state index in [1.165, 1.54) is 7.11 Å². The zero-order chi connectivity index (χ0) is 16.8. The molecule has 2 amide bonds. The third-order valence-corrected chi connectivity index (χ3v) is 3.17. The quantitative estimate of drug-likeness (QED) is 0.576. The van der Waals surface area contributed by atoms with Crippen molar-refractivity contribution in [3.63, 3.8) is 0 Å². The standard InChI is InChI=1S/C16H24N2O4/c1-16(2,3)11-7-8-13(19)12(10-11)18-14(20)6-5-9-17-15(21)22-4/h7-8,10,19H,5-6,9H2,1-4H3,(H,17,21)(H,18,20). The zero-order valence-corrected chi connectivity index (χ0v) is 13.5. The van der Waals surface area contributed by atoms with E-state index in [1.807, 2.05) is 6.07 Å². The second-order valence-electron chi connectivity index (χ2n) is 6.05. The van der Waals surface area contributed by atoms with Crippen molar-refractivity contribution in [3.05, 3.63) is 23.8 Å². The van der Waals surface area contributed by atoms with Gasteiger partial charge in [0, 0.05) is 13.0 Å². The number of carbonyl (C=O) groups excluding carboxylic acids is 2. The van der Waals surface area contributed by atoms with Gasteiger partial charge >= 0.3 is 6.09 Å². The summed E-state index contributed by atoms with van der Waals surface area (Å²) in [6, 6.07) is 5.19. The number of benzene rings is 1. The van der Waals surface area contributed by atoms with Gasteiger partial charge in [-0.2, -0.15) is 0 Å². The van der Waals surface area contributed by atoms with Crippen molar-refractivity contribution in [2.24, 2.45) is 0 Å². The average molecular weight is 308 g/mol. The Kier molecular flexibility index (Phi) is 6.22. The number of rotatable bonds is 5. The molecule has 0 saturated carbocycles. The highest BCUT2D eigenvalue weighted by Crippen LogP contribution is 2.30. The van der Waals surface area contributed by atoms with Gasteiger partial charge in [-0.1, -0.05) is 26.8 Å². The third-order valence-electron chi connectivity index (χ3n) is 3.17. The molecule has 0 aliphatic rings. The molecule has 0 aliphatic carbocycles. The first-order valence-electron chi connectivity index (χ1n) is 7.19. The molecular formula is C16H24N2O4.